The number of rotatable bonds is 9. The number of para-hydroxylation sites is 1. The van der Waals surface area contributed by atoms with E-state index in [2.05, 4.69) is 0 Å². The van der Waals surface area contributed by atoms with Gasteiger partial charge in [-0.2, -0.15) is 0 Å². The molecule has 3 aromatic rings. The van der Waals surface area contributed by atoms with Crippen molar-refractivity contribution in [1.29, 1.82) is 0 Å². The number of carbonyl (C=O) groups excluding carboxylic acids is 1. The molecule has 0 saturated heterocycles. The van der Waals surface area contributed by atoms with Gasteiger partial charge < -0.3 is 19.1 Å². The van der Waals surface area contributed by atoms with Crippen LogP contribution >= 0.6 is 11.3 Å². The Kier molecular flexibility index (Phi) is 7.14. The first kappa shape index (κ1) is 20.7. The summed E-state index contributed by atoms with van der Waals surface area (Å²) in [4.78, 5) is 16.3. The van der Waals surface area contributed by atoms with Crippen LogP contribution in [0.3, 0.4) is 0 Å². The van der Waals surface area contributed by atoms with E-state index in [-0.39, 0.29) is 12.3 Å². The van der Waals surface area contributed by atoms with Crippen molar-refractivity contribution < 1.29 is 19.0 Å². The molecular weight excluding hydrogens is 386 g/mol. The van der Waals surface area contributed by atoms with Crippen molar-refractivity contribution in [2.24, 2.45) is 0 Å². The largest absolute Gasteiger partial charge is 0.497 e. The van der Waals surface area contributed by atoms with E-state index in [1.807, 2.05) is 58.8 Å². The zero-order valence-electron chi connectivity index (χ0n) is 16.9. The molecule has 152 valence electrons. The van der Waals surface area contributed by atoms with Gasteiger partial charge in [-0.25, -0.2) is 0 Å². The van der Waals surface area contributed by atoms with Gasteiger partial charge in [-0.15, -0.1) is 11.3 Å². The zero-order chi connectivity index (χ0) is 20.6. The molecule has 0 bridgehead atoms. The summed E-state index contributed by atoms with van der Waals surface area (Å²) < 4.78 is 16.2. The number of ether oxygens (including phenoxy) is 3. The molecule has 0 saturated carbocycles. The molecule has 0 radical (unpaired) electrons. The van der Waals surface area contributed by atoms with Crippen molar-refractivity contribution in [3.63, 3.8) is 0 Å². The number of hydrogen-bond donors (Lipinski definition) is 0. The predicted octanol–water partition coefficient (Wildman–Crippen LogP) is 4.55. The molecule has 2 aromatic carbocycles. The summed E-state index contributed by atoms with van der Waals surface area (Å²) in [5.41, 5.74) is 1.80. The summed E-state index contributed by atoms with van der Waals surface area (Å²) in [5, 5.41) is 2.02. The minimum Gasteiger partial charge on any atom is -0.497 e. The van der Waals surface area contributed by atoms with Gasteiger partial charge in [0.05, 0.1) is 34.3 Å². The molecule has 6 heteroatoms. The lowest BCUT2D eigenvalue weighted by atomic mass is 10.1. The number of carbonyl (C=O) groups is 1. The van der Waals surface area contributed by atoms with Gasteiger partial charge in [0.1, 0.15) is 17.2 Å². The zero-order valence-corrected chi connectivity index (χ0v) is 17.7. The highest BCUT2D eigenvalue weighted by Crippen LogP contribution is 2.27. The predicted molar refractivity (Wildman–Crippen MR) is 115 cm³/mol. The molecule has 0 spiro atoms. The molecule has 0 aliphatic heterocycles. The van der Waals surface area contributed by atoms with Gasteiger partial charge in [0.2, 0.25) is 5.91 Å². The molecule has 0 unspecified atom stereocenters. The first-order valence-electron chi connectivity index (χ1n) is 9.27. The number of benzene rings is 2. The fourth-order valence-corrected chi connectivity index (χ4v) is 3.85. The third-order valence-electron chi connectivity index (χ3n) is 4.67. The van der Waals surface area contributed by atoms with E-state index in [0.29, 0.717) is 24.6 Å². The quantitative estimate of drug-likeness (QED) is 0.518. The highest BCUT2D eigenvalue weighted by atomic mass is 32.1. The summed E-state index contributed by atoms with van der Waals surface area (Å²) in [5.74, 6) is 2.14. The van der Waals surface area contributed by atoms with Crippen molar-refractivity contribution in [2.45, 2.75) is 19.5 Å². The summed E-state index contributed by atoms with van der Waals surface area (Å²) in [6, 6.07) is 17.3. The van der Waals surface area contributed by atoms with Crippen molar-refractivity contribution in [1.82, 2.24) is 4.90 Å². The maximum Gasteiger partial charge on any atom is 0.227 e. The number of methoxy groups -OCH3 is 3. The molecule has 1 heterocycles. The Balaban J connectivity index is 1.84. The van der Waals surface area contributed by atoms with Crippen LogP contribution < -0.4 is 14.2 Å². The minimum absolute atomic E-state index is 0.0211. The summed E-state index contributed by atoms with van der Waals surface area (Å²) >= 11 is 1.64. The lowest BCUT2D eigenvalue weighted by Crippen LogP contribution is -2.31. The Morgan fingerprint density at radius 2 is 1.66 bits per heavy atom. The van der Waals surface area contributed by atoms with Crippen LogP contribution in [0.5, 0.6) is 17.2 Å². The Hall–Kier alpha value is -2.99. The van der Waals surface area contributed by atoms with Gasteiger partial charge in [0, 0.05) is 28.6 Å². The maximum atomic E-state index is 13.3. The third kappa shape index (κ3) is 5.29. The molecule has 29 heavy (non-hydrogen) atoms. The highest BCUT2D eigenvalue weighted by molar-refractivity contribution is 7.09. The summed E-state index contributed by atoms with van der Waals surface area (Å²) in [6.45, 7) is 1.02. The van der Waals surface area contributed by atoms with Crippen LogP contribution in [0.25, 0.3) is 0 Å². The first-order chi connectivity index (χ1) is 14.1. The molecule has 1 amide bonds. The van der Waals surface area contributed by atoms with Crippen LogP contribution in [0.1, 0.15) is 16.0 Å². The van der Waals surface area contributed by atoms with Crippen LogP contribution in [0.15, 0.2) is 60.0 Å². The topological polar surface area (TPSA) is 48.0 Å². The van der Waals surface area contributed by atoms with Crippen LogP contribution in [0, 0.1) is 0 Å². The number of hydrogen-bond acceptors (Lipinski definition) is 5. The lowest BCUT2D eigenvalue weighted by Gasteiger charge is -2.24. The number of thiophene rings is 1. The molecule has 0 N–H and O–H groups in total. The molecule has 0 atom stereocenters. The second-order valence-electron chi connectivity index (χ2n) is 6.50. The van der Waals surface area contributed by atoms with Gasteiger partial charge in [-0.3, -0.25) is 4.79 Å². The molecule has 3 rings (SSSR count). The van der Waals surface area contributed by atoms with Gasteiger partial charge in [-0.1, -0.05) is 30.3 Å². The van der Waals surface area contributed by atoms with E-state index in [1.54, 1.807) is 38.7 Å². The highest BCUT2D eigenvalue weighted by Gasteiger charge is 2.19. The molecule has 0 fully saturated rings. The second kappa shape index (κ2) is 9.98. The average Bonchev–Trinajstić information content (AvgIpc) is 3.27. The van der Waals surface area contributed by atoms with Gasteiger partial charge in [0.25, 0.3) is 0 Å². The summed E-state index contributed by atoms with van der Waals surface area (Å²) in [7, 11) is 4.85. The lowest BCUT2D eigenvalue weighted by molar-refractivity contribution is -0.131. The van der Waals surface area contributed by atoms with Crippen molar-refractivity contribution in [3.8, 4) is 17.2 Å². The molecule has 5 nitrogen and oxygen atoms in total. The van der Waals surface area contributed by atoms with Crippen LogP contribution in [0.4, 0.5) is 0 Å². The molecule has 1 aromatic heterocycles. The van der Waals surface area contributed by atoms with Crippen molar-refractivity contribution in [3.05, 3.63) is 76.0 Å². The standard InChI is InChI=1S/C23H25NO4S/c1-26-19-11-10-17(22(14-19)28-3)13-23(25)24(16-20-8-6-12-29-20)15-18-7-4-5-9-21(18)27-2/h4-12,14H,13,15-16H2,1-3H3. The normalized spacial score (nSPS) is 10.4. The van der Waals surface area contributed by atoms with E-state index in [9.17, 15) is 4.79 Å². The molecule has 0 aliphatic carbocycles. The first-order valence-corrected chi connectivity index (χ1v) is 10.2. The maximum absolute atomic E-state index is 13.3. The van der Waals surface area contributed by atoms with Crippen LogP contribution in [0.2, 0.25) is 0 Å². The van der Waals surface area contributed by atoms with Crippen molar-refractivity contribution >= 4 is 17.2 Å². The second-order valence-corrected chi connectivity index (χ2v) is 7.53. The Labute approximate surface area is 175 Å². The van der Waals surface area contributed by atoms with Crippen LogP contribution in [-0.2, 0) is 24.3 Å². The Morgan fingerprint density at radius 1 is 0.862 bits per heavy atom. The molecule has 0 aliphatic rings. The smallest absolute Gasteiger partial charge is 0.227 e. The van der Waals surface area contributed by atoms with Crippen LogP contribution in [-0.4, -0.2) is 32.1 Å². The SMILES string of the molecule is COc1ccc(CC(=O)N(Cc2cccs2)Cc2ccccc2OC)c(OC)c1. The Morgan fingerprint density at radius 3 is 2.34 bits per heavy atom. The van der Waals surface area contributed by atoms with E-state index in [1.165, 1.54) is 0 Å². The molecular formula is C23H25NO4S. The third-order valence-corrected chi connectivity index (χ3v) is 5.53. The fourth-order valence-electron chi connectivity index (χ4n) is 3.13. The van der Waals surface area contributed by atoms with E-state index in [4.69, 9.17) is 14.2 Å². The van der Waals surface area contributed by atoms with Gasteiger partial charge in [-0.05, 0) is 23.6 Å². The van der Waals surface area contributed by atoms with Gasteiger partial charge in [0.15, 0.2) is 0 Å². The fraction of sp³-hybridized carbons (Fsp3) is 0.261. The van der Waals surface area contributed by atoms with E-state index >= 15 is 0 Å². The summed E-state index contributed by atoms with van der Waals surface area (Å²) in [6.07, 6.45) is 0.244. The number of nitrogens with zero attached hydrogens (tertiary/aromatic N) is 1. The van der Waals surface area contributed by atoms with E-state index in [0.717, 1.165) is 21.8 Å². The number of amides is 1. The van der Waals surface area contributed by atoms with Gasteiger partial charge >= 0.3 is 0 Å². The monoisotopic (exact) mass is 411 g/mol. The average molecular weight is 412 g/mol. The van der Waals surface area contributed by atoms with Crippen molar-refractivity contribution in [2.75, 3.05) is 21.3 Å². The Bertz CT molecular complexity index is 940. The van der Waals surface area contributed by atoms with E-state index < -0.39 is 0 Å². The minimum atomic E-state index is 0.0211.